The molecule has 0 saturated heterocycles. The van der Waals surface area contributed by atoms with Crippen molar-refractivity contribution in [1.82, 2.24) is 5.32 Å². The van der Waals surface area contributed by atoms with Crippen LogP contribution >= 0.6 is 11.3 Å². The van der Waals surface area contributed by atoms with Crippen LogP contribution in [0.15, 0.2) is 11.4 Å². The highest BCUT2D eigenvalue weighted by molar-refractivity contribution is 7.10. The van der Waals surface area contributed by atoms with E-state index in [4.69, 9.17) is 0 Å². The van der Waals surface area contributed by atoms with Gasteiger partial charge in [-0.05, 0) is 23.9 Å². The Balaban J connectivity index is 2.45. The zero-order valence-corrected chi connectivity index (χ0v) is 8.81. The fraction of sp³-hybridized carbons (Fsp3) is 0.333. The molecular weight excluding hydrogens is 202 g/mol. The maximum absolute atomic E-state index is 11.0. The molecule has 0 spiro atoms. The number of ether oxygens (including phenoxy) is 1. The molecule has 0 aromatic carbocycles. The van der Waals surface area contributed by atoms with Gasteiger partial charge in [0.2, 0.25) is 0 Å². The number of nitrogens with one attached hydrogen (secondary N) is 1. The third kappa shape index (κ3) is 2.56. The monoisotopic (exact) mass is 213 g/mol. The lowest BCUT2D eigenvalue weighted by Crippen LogP contribution is -2.31. The number of carbonyl (C=O) groups is 2. The van der Waals surface area contributed by atoms with Crippen LogP contribution in [0.2, 0.25) is 0 Å². The van der Waals surface area contributed by atoms with Gasteiger partial charge in [-0.1, -0.05) is 0 Å². The summed E-state index contributed by atoms with van der Waals surface area (Å²) in [6.45, 7) is 2.33. The van der Waals surface area contributed by atoms with Crippen molar-refractivity contribution < 1.29 is 14.3 Å². The first-order valence-electron chi connectivity index (χ1n) is 4.04. The second-order valence-corrected chi connectivity index (χ2v) is 3.70. The Bertz CT molecular complexity index is 346. The van der Waals surface area contributed by atoms with E-state index in [1.807, 2.05) is 18.4 Å². The quantitative estimate of drug-likeness (QED) is 0.585. The maximum atomic E-state index is 11.0. The molecule has 1 aromatic rings. The summed E-state index contributed by atoms with van der Waals surface area (Å²) in [7, 11) is 1.18. The number of carbonyl (C=O) groups excluding carboxylic acids is 2. The van der Waals surface area contributed by atoms with Crippen molar-refractivity contribution in [1.29, 1.82) is 0 Å². The molecule has 5 heteroatoms. The van der Waals surface area contributed by atoms with Crippen LogP contribution in [0.4, 0.5) is 0 Å². The summed E-state index contributed by atoms with van der Waals surface area (Å²) < 4.78 is 4.26. The first kappa shape index (κ1) is 10.7. The molecule has 0 aliphatic rings. The fourth-order valence-electron chi connectivity index (χ4n) is 0.911. The zero-order valence-electron chi connectivity index (χ0n) is 7.99. The van der Waals surface area contributed by atoms with Gasteiger partial charge in [-0.25, -0.2) is 4.79 Å². The first-order chi connectivity index (χ1) is 6.65. The van der Waals surface area contributed by atoms with Crippen molar-refractivity contribution in [3.63, 3.8) is 0 Å². The molecule has 1 N–H and O–H groups in total. The number of esters is 1. The third-order valence-corrected chi connectivity index (χ3v) is 2.77. The van der Waals surface area contributed by atoms with Gasteiger partial charge in [-0.15, -0.1) is 11.3 Å². The van der Waals surface area contributed by atoms with Gasteiger partial charge in [0, 0.05) is 4.88 Å². The number of hydrogen-bond donors (Lipinski definition) is 1. The number of hydrogen-bond acceptors (Lipinski definition) is 4. The van der Waals surface area contributed by atoms with Crippen molar-refractivity contribution in [2.24, 2.45) is 0 Å². The lowest BCUT2D eigenvalue weighted by atomic mass is 10.3. The van der Waals surface area contributed by atoms with E-state index in [-0.39, 0.29) is 0 Å². The van der Waals surface area contributed by atoms with Crippen LogP contribution in [0.25, 0.3) is 0 Å². The lowest BCUT2D eigenvalue weighted by molar-refractivity contribution is -0.152. The first-order valence-corrected chi connectivity index (χ1v) is 4.92. The van der Waals surface area contributed by atoms with Crippen LogP contribution in [0.1, 0.15) is 10.4 Å². The normalized spacial score (nSPS) is 9.57. The lowest BCUT2D eigenvalue weighted by Gasteiger charge is -2.02. The van der Waals surface area contributed by atoms with E-state index in [0.29, 0.717) is 6.54 Å². The van der Waals surface area contributed by atoms with Gasteiger partial charge >= 0.3 is 11.9 Å². The third-order valence-electron chi connectivity index (χ3n) is 1.75. The van der Waals surface area contributed by atoms with E-state index in [1.165, 1.54) is 7.11 Å². The second kappa shape index (κ2) is 4.76. The Kier molecular flexibility index (Phi) is 3.64. The van der Waals surface area contributed by atoms with Crippen LogP contribution in [0, 0.1) is 6.92 Å². The highest BCUT2D eigenvalue weighted by Gasteiger charge is 2.13. The molecule has 0 fully saturated rings. The Morgan fingerprint density at radius 1 is 1.57 bits per heavy atom. The van der Waals surface area contributed by atoms with Crippen molar-refractivity contribution in [3.05, 3.63) is 21.9 Å². The smallest absolute Gasteiger partial charge is 0.396 e. The molecule has 0 bridgehead atoms. The summed E-state index contributed by atoms with van der Waals surface area (Å²) >= 11 is 1.54. The summed E-state index contributed by atoms with van der Waals surface area (Å²) in [5.41, 5.74) is 1.11. The van der Waals surface area contributed by atoms with Gasteiger partial charge in [-0.3, -0.25) is 4.79 Å². The van der Waals surface area contributed by atoms with Crippen molar-refractivity contribution in [2.45, 2.75) is 13.5 Å². The Morgan fingerprint density at radius 3 is 2.79 bits per heavy atom. The highest BCUT2D eigenvalue weighted by Crippen LogP contribution is 2.14. The van der Waals surface area contributed by atoms with Crippen LogP contribution in [0.3, 0.4) is 0 Å². The average Bonchev–Trinajstić information content (AvgIpc) is 2.59. The van der Waals surface area contributed by atoms with Crippen molar-refractivity contribution in [2.75, 3.05) is 7.11 Å². The van der Waals surface area contributed by atoms with Gasteiger partial charge in [0.1, 0.15) is 0 Å². The molecule has 1 rings (SSSR count). The summed E-state index contributed by atoms with van der Waals surface area (Å²) in [6.07, 6.45) is 0. The Labute approximate surface area is 85.9 Å². The Morgan fingerprint density at radius 2 is 2.29 bits per heavy atom. The molecule has 1 amide bonds. The summed E-state index contributed by atoms with van der Waals surface area (Å²) in [5, 5.41) is 4.41. The van der Waals surface area contributed by atoms with E-state index in [9.17, 15) is 9.59 Å². The number of methoxy groups -OCH3 is 1. The van der Waals surface area contributed by atoms with Gasteiger partial charge in [0.05, 0.1) is 13.7 Å². The van der Waals surface area contributed by atoms with E-state index in [0.717, 1.165) is 10.4 Å². The van der Waals surface area contributed by atoms with Gasteiger partial charge < -0.3 is 10.1 Å². The van der Waals surface area contributed by atoms with Gasteiger partial charge in [-0.2, -0.15) is 0 Å². The van der Waals surface area contributed by atoms with E-state index >= 15 is 0 Å². The standard InChI is InChI=1S/C9H11NO3S/c1-6-3-4-14-7(6)5-10-8(11)9(12)13-2/h3-4H,5H2,1-2H3,(H,10,11). The molecule has 14 heavy (non-hydrogen) atoms. The molecule has 0 saturated carbocycles. The average molecular weight is 213 g/mol. The Hall–Kier alpha value is -1.36. The summed E-state index contributed by atoms with van der Waals surface area (Å²) in [5.74, 6) is -1.57. The van der Waals surface area contributed by atoms with E-state index in [1.54, 1.807) is 11.3 Å². The fourth-order valence-corrected chi connectivity index (χ4v) is 1.76. The summed E-state index contributed by atoms with van der Waals surface area (Å²) in [4.78, 5) is 22.8. The second-order valence-electron chi connectivity index (χ2n) is 2.70. The SMILES string of the molecule is COC(=O)C(=O)NCc1sccc1C. The molecule has 1 aromatic heterocycles. The zero-order chi connectivity index (χ0) is 10.6. The molecule has 76 valence electrons. The summed E-state index contributed by atoms with van der Waals surface area (Å²) in [6, 6.07) is 1.96. The minimum Gasteiger partial charge on any atom is -0.462 e. The minimum atomic E-state index is -0.862. The molecule has 0 aliphatic carbocycles. The molecule has 0 unspecified atom stereocenters. The molecule has 4 nitrogen and oxygen atoms in total. The van der Waals surface area contributed by atoms with Crippen LogP contribution in [-0.2, 0) is 20.9 Å². The van der Waals surface area contributed by atoms with E-state index in [2.05, 4.69) is 10.1 Å². The molecule has 0 atom stereocenters. The predicted octanol–water partition coefficient (Wildman–Crippen LogP) is 0.846. The molecule has 0 radical (unpaired) electrons. The van der Waals surface area contributed by atoms with Crippen LogP contribution in [0.5, 0.6) is 0 Å². The van der Waals surface area contributed by atoms with Crippen molar-refractivity contribution >= 4 is 23.2 Å². The van der Waals surface area contributed by atoms with Gasteiger partial charge in [0.25, 0.3) is 0 Å². The maximum Gasteiger partial charge on any atom is 0.396 e. The number of amides is 1. The highest BCUT2D eigenvalue weighted by atomic mass is 32.1. The van der Waals surface area contributed by atoms with Crippen molar-refractivity contribution in [3.8, 4) is 0 Å². The molecular formula is C9H11NO3S. The van der Waals surface area contributed by atoms with Crippen LogP contribution < -0.4 is 5.32 Å². The number of aryl methyl sites for hydroxylation is 1. The number of rotatable bonds is 2. The largest absolute Gasteiger partial charge is 0.462 e. The van der Waals surface area contributed by atoms with Gasteiger partial charge in [0.15, 0.2) is 0 Å². The minimum absolute atomic E-state index is 0.372. The topological polar surface area (TPSA) is 55.4 Å². The molecule has 1 heterocycles. The van der Waals surface area contributed by atoms with Crippen LogP contribution in [-0.4, -0.2) is 19.0 Å². The number of thiophene rings is 1. The van der Waals surface area contributed by atoms with E-state index < -0.39 is 11.9 Å². The predicted molar refractivity (Wildman–Crippen MR) is 52.9 cm³/mol. The molecule has 0 aliphatic heterocycles.